The summed E-state index contributed by atoms with van der Waals surface area (Å²) in [5.74, 6) is -0.678. The van der Waals surface area contributed by atoms with Gasteiger partial charge < -0.3 is 23.7 Å². The van der Waals surface area contributed by atoms with Gasteiger partial charge in [-0.15, -0.1) is 0 Å². The minimum absolute atomic E-state index is 0.0382. The van der Waals surface area contributed by atoms with Gasteiger partial charge in [0, 0.05) is 27.2 Å². The number of methoxy groups -OCH3 is 4. The molecule has 112 valence electrons. The van der Waals surface area contributed by atoms with Gasteiger partial charge in [-0.05, 0) is 32.3 Å². The SMILES string of the molecule is COC=CCCC[C@@H]1[C@H](C)OC(OC)C1(OC)OC. The summed E-state index contributed by atoms with van der Waals surface area (Å²) in [7, 11) is 6.52. The van der Waals surface area contributed by atoms with Gasteiger partial charge in [0.15, 0.2) is 0 Å². The maximum Gasteiger partial charge on any atom is 0.225 e. The monoisotopic (exact) mass is 274 g/mol. The Balaban J connectivity index is 2.64. The standard InChI is InChI=1S/C14H26O5/c1-11-12(9-7-6-8-10-15-2)14(17-4,18-5)13(16-3)19-11/h8,10-13H,6-7,9H2,1-5H3/t11-,12+,13?/m0/s1. The van der Waals surface area contributed by atoms with E-state index in [-0.39, 0.29) is 12.0 Å². The van der Waals surface area contributed by atoms with Crippen LogP contribution in [0, 0.1) is 5.92 Å². The van der Waals surface area contributed by atoms with E-state index in [1.54, 1.807) is 34.7 Å². The summed E-state index contributed by atoms with van der Waals surface area (Å²) >= 11 is 0. The zero-order valence-corrected chi connectivity index (χ0v) is 12.5. The molecule has 0 amide bonds. The molecule has 0 saturated carbocycles. The summed E-state index contributed by atoms with van der Waals surface area (Å²) in [6.45, 7) is 2.03. The first-order chi connectivity index (χ1) is 9.16. The van der Waals surface area contributed by atoms with Gasteiger partial charge in [0.05, 0.1) is 19.5 Å². The summed E-state index contributed by atoms with van der Waals surface area (Å²) in [5, 5.41) is 0. The molecule has 1 fully saturated rings. The third kappa shape index (κ3) is 3.48. The van der Waals surface area contributed by atoms with Gasteiger partial charge in [0.1, 0.15) is 0 Å². The second-order valence-corrected chi connectivity index (χ2v) is 4.68. The first kappa shape index (κ1) is 16.4. The van der Waals surface area contributed by atoms with E-state index in [9.17, 15) is 0 Å². The second kappa shape index (κ2) is 7.85. The van der Waals surface area contributed by atoms with Crippen LogP contribution in [0.4, 0.5) is 0 Å². The fraction of sp³-hybridized carbons (Fsp3) is 0.857. The highest BCUT2D eigenvalue weighted by atomic mass is 16.8. The number of unbranched alkanes of at least 4 members (excludes halogenated alkanes) is 1. The van der Waals surface area contributed by atoms with Gasteiger partial charge in [-0.1, -0.05) is 0 Å². The molecular formula is C14H26O5. The molecule has 1 aliphatic heterocycles. The van der Waals surface area contributed by atoms with Crippen LogP contribution in [0.3, 0.4) is 0 Å². The number of hydrogen-bond acceptors (Lipinski definition) is 5. The van der Waals surface area contributed by atoms with Crippen LogP contribution in [0.5, 0.6) is 0 Å². The van der Waals surface area contributed by atoms with Gasteiger partial charge in [0.25, 0.3) is 0 Å². The van der Waals surface area contributed by atoms with Crippen molar-refractivity contribution < 1.29 is 23.7 Å². The van der Waals surface area contributed by atoms with Crippen LogP contribution in [0.25, 0.3) is 0 Å². The summed E-state index contributed by atoms with van der Waals surface area (Å²) in [5.41, 5.74) is 0. The van der Waals surface area contributed by atoms with Gasteiger partial charge >= 0.3 is 0 Å². The van der Waals surface area contributed by atoms with Crippen molar-refractivity contribution in [2.24, 2.45) is 5.92 Å². The summed E-state index contributed by atoms with van der Waals surface area (Å²) in [4.78, 5) is 0. The van der Waals surface area contributed by atoms with Crippen LogP contribution in [0.1, 0.15) is 26.2 Å². The number of ether oxygens (including phenoxy) is 5. The lowest BCUT2D eigenvalue weighted by Crippen LogP contribution is -2.48. The molecule has 1 heterocycles. The first-order valence-electron chi connectivity index (χ1n) is 6.62. The Bertz CT molecular complexity index is 275. The molecule has 19 heavy (non-hydrogen) atoms. The Hall–Kier alpha value is -0.620. The Morgan fingerprint density at radius 1 is 1.16 bits per heavy atom. The highest BCUT2D eigenvalue weighted by Crippen LogP contribution is 2.42. The molecule has 5 nitrogen and oxygen atoms in total. The molecule has 1 saturated heterocycles. The molecule has 0 N–H and O–H groups in total. The van der Waals surface area contributed by atoms with Crippen LogP contribution >= 0.6 is 0 Å². The topological polar surface area (TPSA) is 46.2 Å². The lowest BCUT2D eigenvalue weighted by Gasteiger charge is -2.35. The zero-order valence-electron chi connectivity index (χ0n) is 12.5. The highest BCUT2D eigenvalue weighted by molar-refractivity contribution is 4.93. The molecule has 5 heteroatoms. The van der Waals surface area contributed by atoms with Crippen molar-refractivity contribution in [1.29, 1.82) is 0 Å². The average Bonchev–Trinajstić information content (AvgIpc) is 2.71. The second-order valence-electron chi connectivity index (χ2n) is 4.68. The highest BCUT2D eigenvalue weighted by Gasteiger charge is 2.56. The minimum Gasteiger partial charge on any atom is -0.505 e. The molecule has 0 aromatic heterocycles. The molecule has 3 atom stereocenters. The van der Waals surface area contributed by atoms with Crippen molar-refractivity contribution in [1.82, 2.24) is 0 Å². The molecule has 1 unspecified atom stereocenters. The lowest BCUT2D eigenvalue weighted by molar-refractivity contribution is -0.306. The van der Waals surface area contributed by atoms with Crippen LogP contribution in [0.15, 0.2) is 12.3 Å². The number of hydrogen-bond donors (Lipinski definition) is 0. The molecular weight excluding hydrogens is 248 g/mol. The predicted octanol–water partition coefficient (Wildman–Crippen LogP) is 2.31. The molecule has 0 spiro atoms. The molecule has 1 rings (SSSR count). The quantitative estimate of drug-likeness (QED) is 0.386. The van der Waals surface area contributed by atoms with Gasteiger partial charge in [-0.2, -0.15) is 0 Å². The Kier molecular flexibility index (Phi) is 6.79. The van der Waals surface area contributed by atoms with Gasteiger partial charge in [-0.25, -0.2) is 0 Å². The zero-order chi connectivity index (χ0) is 14.3. The van der Waals surface area contributed by atoms with Crippen LogP contribution in [0.2, 0.25) is 0 Å². The van der Waals surface area contributed by atoms with Crippen molar-refractivity contribution in [3.63, 3.8) is 0 Å². The summed E-state index contributed by atoms with van der Waals surface area (Å²) < 4.78 is 27.2. The van der Waals surface area contributed by atoms with Crippen molar-refractivity contribution in [3.8, 4) is 0 Å². The van der Waals surface area contributed by atoms with Crippen molar-refractivity contribution in [3.05, 3.63) is 12.3 Å². The Labute approximate surface area is 115 Å². The normalized spacial score (nSPS) is 30.1. The third-order valence-corrected chi connectivity index (χ3v) is 3.72. The van der Waals surface area contributed by atoms with E-state index < -0.39 is 12.1 Å². The first-order valence-corrected chi connectivity index (χ1v) is 6.62. The third-order valence-electron chi connectivity index (χ3n) is 3.72. The predicted molar refractivity (Wildman–Crippen MR) is 71.6 cm³/mol. The van der Waals surface area contributed by atoms with Crippen molar-refractivity contribution >= 4 is 0 Å². The number of allylic oxidation sites excluding steroid dienone is 1. The van der Waals surface area contributed by atoms with Gasteiger partial charge in [-0.3, -0.25) is 0 Å². The fourth-order valence-electron chi connectivity index (χ4n) is 2.74. The average molecular weight is 274 g/mol. The van der Waals surface area contributed by atoms with E-state index in [2.05, 4.69) is 0 Å². The summed E-state index contributed by atoms with van der Waals surface area (Å²) in [6, 6.07) is 0. The van der Waals surface area contributed by atoms with Gasteiger partial charge in [0.2, 0.25) is 12.1 Å². The molecule has 0 aromatic rings. The van der Waals surface area contributed by atoms with E-state index in [1.165, 1.54) is 0 Å². The lowest BCUT2D eigenvalue weighted by atomic mass is 9.90. The maximum absolute atomic E-state index is 5.78. The molecule has 1 aliphatic rings. The maximum atomic E-state index is 5.78. The largest absolute Gasteiger partial charge is 0.505 e. The fourth-order valence-corrected chi connectivity index (χ4v) is 2.74. The molecule has 0 bridgehead atoms. The Morgan fingerprint density at radius 2 is 1.84 bits per heavy atom. The smallest absolute Gasteiger partial charge is 0.225 e. The molecule has 0 radical (unpaired) electrons. The minimum atomic E-state index is -0.820. The molecule has 0 aromatic carbocycles. The Morgan fingerprint density at radius 3 is 2.37 bits per heavy atom. The van der Waals surface area contributed by atoms with Crippen LogP contribution < -0.4 is 0 Å². The van der Waals surface area contributed by atoms with Crippen molar-refractivity contribution in [2.45, 2.75) is 44.4 Å². The van der Waals surface area contributed by atoms with Crippen molar-refractivity contribution in [2.75, 3.05) is 28.4 Å². The van der Waals surface area contributed by atoms with E-state index in [4.69, 9.17) is 23.7 Å². The van der Waals surface area contributed by atoms with E-state index >= 15 is 0 Å². The van der Waals surface area contributed by atoms with Crippen LogP contribution in [-0.4, -0.2) is 46.6 Å². The molecule has 0 aliphatic carbocycles. The van der Waals surface area contributed by atoms with E-state index in [0.29, 0.717) is 0 Å². The van der Waals surface area contributed by atoms with E-state index in [0.717, 1.165) is 19.3 Å². The number of rotatable bonds is 8. The van der Waals surface area contributed by atoms with E-state index in [1.807, 2.05) is 13.0 Å². The van der Waals surface area contributed by atoms with Crippen LogP contribution in [-0.2, 0) is 23.7 Å². The summed E-state index contributed by atoms with van der Waals surface area (Å²) in [6.07, 6.45) is 6.17.